The molecule has 21 heavy (non-hydrogen) atoms. The molecule has 2 rings (SSSR count). The summed E-state index contributed by atoms with van der Waals surface area (Å²) in [5.74, 6) is -1.04. The van der Waals surface area contributed by atoms with Gasteiger partial charge in [-0.25, -0.2) is 4.79 Å². The van der Waals surface area contributed by atoms with Crippen LogP contribution in [-0.2, 0) is 4.79 Å². The fourth-order valence-corrected chi connectivity index (χ4v) is 3.50. The zero-order valence-electron chi connectivity index (χ0n) is 13.3. The minimum Gasteiger partial charge on any atom is -0.481 e. The Balaban J connectivity index is 1.93. The van der Waals surface area contributed by atoms with Crippen LogP contribution in [0.3, 0.4) is 0 Å². The van der Waals surface area contributed by atoms with Crippen LogP contribution in [0.1, 0.15) is 33.6 Å². The van der Waals surface area contributed by atoms with Gasteiger partial charge >= 0.3 is 12.0 Å². The smallest absolute Gasteiger partial charge is 0.320 e. The molecule has 0 radical (unpaired) electrons. The minimum atomic E-state index is -0.737. The summed E-state index contributed by atoms with van der Waals surface area (Å²) in [4.78, 5) is 29.9. The molecule has 2 amide bonds. The summed E-state index contributed by atoms with van der Waals surface area (Å²) < 4.78 is 0. The Morgan fingerprint density at radius 1 is 1.14 bits per heavy atom. The second-order valence-corrected chi connectivity index (χ2v) is 6.31. The number of rotatable bonds is 2. The highest BCUT2D eigenvalue weighted by Crippen LogP contribution is 2.24. The fraction of sp³-hybridized carbons (Fsp3) is 0.867. The van der Waals surface area contributed by atoms with Crippen LogP contribution in [0, 0.1) is 5.92 Å². The number of carboxylic acids is 1. The Morgan fingerprint density at radius 2 is 1.86 bits per heavy atom. The number of aliphatic carboxylic acids is 1. The maximum absolute atomic E-state index is 12.7. The molecular weight excluding hydrogens is 270 g/mol. The third kappa shape index (κ3) is 3.48. The van der Waals surface area contributed by atoms with E-state index in [0.717, 1.165) is 26.2 Å². The molecular formula is C15H27N3O3. The molecule has 2 heterocycles. The van der Waals surface area contributed by atoms with E-state index in [1.165, 1.54) is 0 Å². The second-order valence-electron chi connectivity index (χ2n) is 6.31. The monoisotopic (exact) mass is 297 g/mol. The normalized spacial score (nSPS) is 31.3. The molecule has 2 saturated heterocycles. The number of amides is 2. The van der Waals surface area contributed by atoms with Gasteiger partial charge in [0.2, 0.25) is 0 Å². The lowest BCUT2D eigenvalue weighted by molar-refractivity contribution is -0.143. The second kappa shape index (κ2) is 6.64. The summed E-state index contributed by atoms with van der Waals surface area (Å²) in [6.07, 6.45) is 1.13. The molecule has 120 valence electrons. The molecule has 2 aliphatic heterocycles. The number of carboxylic acid groups (broad SMARTS) is 1. The van der Waals surface area contributed by atoms with Gasteiger partial charge in [-0.2, -0.15) is 0 Å². The van der Waals surface area contributed by atoms with E-state index in [9.17, 15) is 9.59 Å². The molecule has 0 aromatic heterocycles. The van der Waals surface area contributed by atoms with Gasteiger partial charge < -0.3 is 14.9 Å². The first kappa shape index (κ1) is 16.1. The SMILES string of the molecule is CCN1CCN(C(=O)N2CCC(C(=O)O)CC2C)CC1C. The zero-order chi connectivity index (χ0) is 15.6. The van der Waals surface area contributed by atoms with E-state index in [1.807, 2.05) is 16.7 Å². The molecule has 0 aromatic rings. The molecule has 3 atom stereocenters. The molecule has 0 saturated carbocycles. The van der Waals surface area contributed by atoms with E-state index in [2.05, 4.69) is 18.7 Å². The molecule has 0 bridgehead atoms. The van der Waals surface area contributed by atoms with Crippen molar-refractivity contribution < 1.29 is 14.7 Å². The molecule has 6 nitrogen and oxygen atoms in total. The average Bonchev–Trinajstić information content (AvgIpc) is 2.46. The molecule has 0 aromatic carbocycles. The van der Waals surface area contributed by atoms with Gasteiger partial charge in [-0.3, -0.25) is 9.69 Å². The lowest BCUT2D eigenvalue weighted by Gasteiger charge is -2.44. The van der Waals surface area contributed by atoms with Gasteiger partial charge in [0.25, 0.3) is 0 Å². The van der Waals surface area contributed by atoms with Gasteiger partial charge in [-0.1, -0.05) is 6.92 Å². The van der Waals surface area contributed by atoms with Gasteiger partial charge in [0.1, 0.15) is 0 Å². The number of nitrogens with zero attached hydrogens (tertiary/aromatic N) is 3. The standard InChI is InChI=1S/C15H27N3O3/c1-4-16-7-8-17(10-12(16)3)15(21)18-6-5-13(14(19)20)9-11(18)2/h11-13H,4-10H2,1-3H3,(H,19,20). The van der Waals surface area contributed by atoms with Crippen molar-refractivity contribution in [2.45, 2.75) is 45.7 Å². The summed E-state index contributed by atoms with van der Waals surface area (Å²) in [7, 11) is 0. The summed E-state index contributed by atoms with van der Waals surface area (Å²) in [5, 5.41) is 9.10. The highest BCUT2D eigenvalue weighted by molar-refractivity contribution is 5.76. The number of likely N-dealkylation sites (N-methyl/N-ethyl adjacent to an activating group) is 1. The van der Waals surface area contributed by atoms with E-state index < -0.39 is 5.97 Å². The van der Waals surface area contributed by atoms with Gasteiger partial charge in [0.15, 0.2) is 0 Å². The first-order valence-corrected chi connectivity index (χ1v) is 7.96. The van der Waals surface area contributed by atoms with Crippen LogP contribution < -0.4 is 0 Å². The fourth-order valence-electron chi connectivity index (χ4n) is 3.50. The van der Waals surface area contributed by atoms with Crippen molar-refractivity contribution in [1.29, 1.82) is 0 Å². The lowest BCUT2D eigenvalue weighted by atomic mass is 9.92. The van der Waals surface area contributed by atoms with Gasteiger partial charge in [-0.05, 0) is 33.2 Å². The highest BCUT2D eigenvalue weighted by Gasteiger charge is 2.35. The van der Waals surface area contributed by atoms with E-state index >= 15 is 0 Å². The van der Waals surface area contributed by atoms with Gasteiger partial charge in [-0.15, -0.1) is 0 Å². The van der Waals surface area contributed by atoms with Crippen LogP contribution in [0.2, 0.25) is 0 Å². The number of likely N-dealkylation sites (tertiary alicyclic amines) is 1. The highest BCUT2D eigenvalue weighted by atomic mass is 16.4. The van der Waals surface area contributed by atoms with Crippen molar-refractivity contribution in [1.82, 2.24) is 14.7 Å². The van der Waals surface area contributed by atoms with E-state index in [0.29, 0.717) is 25.4 Å². The number of urea groups is 1. The Bertz CT molecular complexity index is 402. The van der Waals surface area contributed by atoms with E-state index in [4.69, 9.17) is 5.11 Å². The first-order chi connectivity index (χ1) is 9.93. The summed E-state index contributed by atoms with van der Waals surface area (Å²) in [5.41, 5.74) is 0. The van der Waals surface area contributed by atoms with E-state index in [-0.39, 0.29) is 18.0 Å². The summed E-state index contributed by atoms with van der Waals surface area (Å²) in [6, 6.07) is 0.473. The van der Waals surface area contributed by atoms with Crippen LogP contribution in [0.15, 0.2) is 0 Å². The van der Waals surface area contributed by atoms with Crippen molar-refractivity contribution in [3.05, 3.63) is 0 Å². The van der Waals surface area contributed by atoms with Crippen molar-refractivity contribution in [2.75, 3.05) is 32.7 Å². The average molecular weight is 297 g/mol. The topological polar surface area (TPSA) is 64.1 Å². The Hall–Kier alpha value is -1.30. The summed E-state index contributed by atoms with van der Waals surface area (Å²) in [6.45, 7) is 10.3. The van der Waals surface area contributed by atoms with Crippen LogP contribution in [-0.4, -0.2) is 76.6 Å². The number of hydrogen-bond acceptors (Lipinski definition) is 3. The Morgan fingerprint density at radius 3 is 2.38 bits per heavy atom. The Labute approximate surface area is 126 Å². The molecule has 0 spiro atoms. The molecule has 0 aliphatic carbocycles. The molecule has 2 aliphatic rings. The quantitative estimate of drug-likeness (QED) is 0.835. The van der Waals surface area contributed by atoms with Crippen LogP contribution in [0.4, 0.5) is 4.79 Å². The maximum Gasteiger partial charge on any atom is 0.320 e. The lowest BCUT2D eigenvalue weighted by Crippen LogP contribution is -2.58. The predicted octanol–water partition coefficient (Wildman–Crippen LogP) is 1.32. The van der Waals surface area contributed by atoms with Crippen molar-refractivity contribution in [2.24, 2.45) is 5.92 Å². The van der Waals surface area contributed by atoms with Gasteiger partial charge in [0, 0.05) is 38.3 Å². The van der Waals surface area contributed by atoms with Crippen LogP contribution in [0.5, 0.6) is 0 Å². The molecule has 6 heteroatoms. The zero-order valence-corrected chi connectivity index (χ0v) is 13.3. The predicted molar refractivity (Wildman–Crippen MR) is 80.2 cm³/mol. The number of hydrogen-bond donors (Lipinski definition) is 1. The van der Waals surface area contributed by atoms with Crippen LogP contribution >= 0.6 is 0 Å². The molecule has 1 N–H and O–H groups in total. The number of piperazine rings is 1. The maximum atomic E-state index is 12.7. The van der Waals surface area contributed by atoms with Crippen molar-refractivity contribution in [3.8, 4) is 0 Å². The number of piperidine rings is 1. The molecule has 2 fully saturated rings. The summed E-state index contributed by atoms with van der Waals surface area (Å²) >= 11 is 0. The third-order valence-electron chi connectivity index (χ3n) is 4.91. The van der Waals surface area contributed by atoms with Gasteiger partial charge in [0.05, 0.1) is 5.92 Å². The van der Waals surface area contributed by atoms with Crippen LogP contribution in [0.25, 0.3) is 0 Å². The first-order valence-electron chi connectivity index (χ1n) is 7.96. The van der Waals surface area contributed by atoms with Crippen molar-refractivity contribution >= 4 is 12.0 Å². The molecule has 3 unspecified atom stereocenters. The minimum absolute atomic E-state index is 0.00635. The largest absolute Gasteiger partial charge is 0.481 e. The third-order valence-corrected chi connectivity index (χ3v) is 4.91. The van der Waals surface area contributed by atoms with Crippen molar-refractivity contribution in [3.63, 3.8) is 0 Å². The van der Waals surface area contributed by atoms with E-state index in [1.54, 1.807) is 0 Å². The number of carbonyl (C=O) groups is 2. The Kier molecular flexibility index (Phi) is 5.08. The number of carbonyl (C=O) groups excluding carboxylic acids is 1.